The van der Waals surface area contributed by atoms with Gasteiger partial charge < -0.3 is 5.11 Å². The first-order valence-electron chi connectivity index (χ1n) is 5.22. The Labute approximate surface area is 115 Å². The molecule has 9 heteroatoms. The smallest absolute Gasteiger partial charge is 0.345 e. The lowest BCUT2D eigenvalue weighted by molar-refractivity contribution is -0.380. The minimum absolute atomic E-state index is 0.0252. The first-order valence-corrected chi connectivity index (χ1v) is 6.04. The van der Waals surface area contributed by atoms with E-state index in [1.807, 2.05) is 0 Å². The van der Waals surface area contributed by atoms with Gasteiger partial charge in [0, 0.05) is 5.56 Å². The van der Waals surface area contributed by atoms with Gasteiger partial charge in [0.1, 0.15) is 6.20 Å². The molecule has 1 aromatic carbocycles. The molecule has 2 aromatic rings. The standard InChI is InChI=1S/C11H7N3O5S/c15-9(6-2-1-3-7(4-6)10(16)17)13-11-12-5-8(20-11)14(18)19/h1-5H,(H,16,17)(H,12,13,15). The lowest BCUT2D eigenvalue weighted by Gasteiger charge is -2.02. The second kappa shape index (κ2) is 5.45. The summed E-state index contributed by atoms with van der Waals surface area (Å²) < 4.78 is 0. The molecular weight excluding hydrogens is 286 g/mol. The minimum atomic E-state index is -1.15. The molecule has 1 heterocycles. The highest BCUT2D eigenvalue weighted by atomic mass is 32.1. The zero-order valence-electron chi connectivity index (χ0n) is 9.77. The van der Waals surface area contributed by atoms with Crippen molar-refractivity contribution in [3.63, 3.8) is 0 Å². The van der Waals surface area contributed by atoms with Crippen molar-refractivity contribution in [3.8, 4) is 0 Å². The summed E-state index contributed by atoms with van der Waals surface area (Å²) in [7, 11) is 0. The van der Waals surface area contributed by atoms with E-state index in [0.717, 1.165) is 6.20 Å². The van der Waals surface area contributed by atoms with Gasteiger partial charge in [0.25, 0.3) is 5.91 Å². The van der Waals surface area contributed by atoms with Crippen molar-refractivity contribution in [2.45, 2.75) is 0 Å². The number of carboxylic acid groups (broad SMARTS) is 1. The van der Waals surface area contributed by atoms with Crippen LogP contribution in [-0.4, -0.2) is 26.9 Å². The van der Waals surface area contributed by atoms with Gasteiger partial charge in [0.05, 0.1) is 10.5 Å². The van der Waals surface area contributed by atoms with E-state index >= 15 is 0 Å². The van der Waals surface area contributed by atoms with Crippen molar-refractivity contribution in [1.29, 1.82) is 0 Å². The Hall–Kier alpha value is -2.81. The molecule has 0 bridgehead atoms. The molecule has 102 valence electrons. The molecule has 8 nitrogen and oxygen atoms in total. The van der Waals surface area contributed by atoms with Crippen LogP contribution in [0.25, 0.3) is 0 Å². The van der Waals surface area contributed by atoms with Gasteiger partial charge in [-0.3, -0.25) is 20.2 Å². The number of nitro groups is 1. The van der Waals surface area contributed by atoms with Gasteiger partial charge in [-0.2, -0.15) is 0 Å². The van der Waals surface area contributed by atoms with Crippen LogP contribution >= 0.6 is 11.3 Å². The van der Waals surface area contributed by atoms with E-state index in [2.05, 4.69) is 10.3 Å². The SMILES string of the molecule is O=C(O)c1cccc(C(=O)Nc2ncc([N+](=O)[O-])s2)c1. The molecule has 0 saturated heterocycles. The molecule has 1 amide bonds. The Bertz CT molecular complexity index is 697. The zero-order chi connectivity index (χ0) is 14.7. The van der Waals surface area contributed by atoms with Crippen LogP contribution in [0.3, 0.4) is 0 Å². The molecule has 0 aliphatic rings. The van der Waals surface area contributed by atoms with Gasteiger partial charge in [-0.1, -0.05) is 6.07 Å². The second-order valence-electron chi connectivity index (χ2n) is 3.60. The molecule has 0 fully saturated rings. The van der Waals surface area contributed by atoms with E-state index in [0.29, 0.717) is 11.3 Å². The number of hydrogen-bond donors (Lipinski definition) is 2. The molecule has 0 spiro atoms. The largest absolute Gasteiger partial charge is 0.478 e. The van der Waals surface area contributed by atoms with Gasteiger partial charge in [-0.25, -0.2) is 9.78 Å². The number of aromatic nitrogens is 1. The van der Waals surface area contributed by atoms with Gasteiger partial charge in [0.2, 0.25) is 0 Å². The molecule has 2 N–H and O–H groups in total. The van der Waals surface area contributed by atoms with Crippen molar-refractivity contribution >= 4 is 33.3 Å². The predicted octanol–water partition coefficient (Wildman–Crippen LogP) is 2.00. The highest BCUT2D eigenvalue weighted by Gasteiger charge is 2.15. The van der Waals surface area contributed by atoms with Crippen molar-refractivity contribution in [3.05, 3.63) is 51.7 Å². The maximum absolute atomic E-state index is 11.9. The Morgan fingerprint density at radius 3 is 2.65 bits per heavy atom. The molecule has 0 aliphatic carbocycles. The van der Waals surface area contributed by atoms with Gasteiger partial charge in [0.15, 0.2) is 5.13 Å². The predicted molar refractivity (Wildman–Crippen MR) is 70.1 cm³/mol. The van der Waals surface area contributed by atoms with Crippen molar-refractivity contribution in [2.75, 3.05) is 5.32 Å². The number of carbonyl (C=O) groups excluding carboxylic acids is 1. The topological polar surface area (TPSA) is 122 Å². The molecule has 0 atom stereocenters. The van der Waals surface area contributed by atoms with E-state index in [-0.39, 0.29) is 21.3 Å². The average molecular weight is 293 g/mol. The quantitative estimate of drug-likeness (QED) is 0.656. The number of thiazole rings is 1. The van der Waals surface area contributed by atoms with E-state index in [1.165, 1.54) is 24.3 Å². The first kappa shape index (κ1) is 13.6. The van der Waals surface area contributed by atoms with Crippen LogP contribution in [0.2, 0.25) is 0 Å². The second-order valence-corrected chi connectivity index (χ2v) is 4.61. The fourth-order valence-electron chi connectivity index (χ4n) is 1.37. The van der Waals surface area contributed by atoms with E-state index in [4.69, 9.17) is 5.11 Å². The van der Waals surface area contributed by atoms with Gasteiger partial charge in [-0.15, -0.1) is 0 Å². The van der Waals surface area contributed by atoms with Gasteiger partial charge in [-0.05, 0) is 29.5 Å². The van der Waals surface area contributed by atoms with Gasteiger partial charge >= 0.3 is 11.0 Å². The number of carboxylic acids is 1. The molecule has 0 unspecified atom stereocenters. The molecule has 1 aromatic heterocycles. The molecule has 2 rings (SSSR count). The lowest BCUT2D eigenvalue weighted by Crippen LogP contribution is -2.12. The maximum Gasteiger partial charge on any atom is 0.345 e. The number of carbonyl (C=O) groups is 2. The summed E-state index contributed by atoms with van der Waals surface area (Å²) >= 11 is 0.716. The summed E-state index contributed by atoms with van der Waals surface area (Å²) in [6.07, 6.45) is 1.04. The Morgan fingerprint density at radius 2 is 2.05 bits per heavy atom. The third-order valence-electron chi connectivity index (χ3n) is 2.27. The highest BCUT2D eigenvalue weighted by molar-refractivity contribution is 7.18. The Morgan fingerprint density at radius 1 is 1.35 bits per heavy atom. The normalized spacial score (nSPS) is 10.0. The molecule has 0 saturated carbocycles. The van der Waals surface area contributed by atoms with Crippen LogP contribution in [0.5, 0.6) is 0 Å². The van der Waals surface area contributed by atoms with Crippen molar-refractivity contribution in [1.82, 2.24) is 4.98 Å². The minimum Gasteiger partial charge on any atom is -0.478 e. The monoisotopic (exact) mass is 293 g/mol. The third-order valence-corrected chi connectivity index (χ3v) is 3.13. The molecular formula is C11H7N3O5S. The molecule has 0 radical (unpaired) electrons. The van der Waals surface area contributed by atoms with Crippen LogP contribution in [0, 0.1) is 10.1 Å². The lowest BCUT2D eigenvalue weighted by atomic mass is 10.1. The number of anilines is 1. The molecule has 20 heavy (non-hydrogen) atoms. The number of hydrogen-bond acceptors (Lipinski definition) is 6. The summed E-state index contributed by atoms with van der Waals surface area (Å²) in [5.41, 5.74) is 0.102. The fraction of sp³-hybridized carbons (Fsp3) is 0. The van der Waals surface area contributed by atoms with Crippen LogP contribution < -0.4 is 5.32 Å². The zero-order valence-corrected chi connectivity index (χ0v) is 10.6. The molecule has 0 aliphatic heterocycles. The number of nitrogens with zero attached hydrogens (tertiary/aromatic N) is 2. The fourth-order valence-corrected chi connectivity index (χ4v) is 2.00. The Balaban J connectivity index is 2.17. The van der Waals surface area contributed by atoms with Crippen LogP contribution in [0.4, 0.5) is 10.1 Å². The van der Waals surface area contributed by atoms with Crippen molar-refractivity contribution < 1.29 is 19.6 Å². The highest BCUT2D eigenvalue weighted by Crippen LogP contribution is 2.25. The summed E-state index contributed by atoms with van der Waals surface area (Å²) in [5.74, 6) is -1.73. The average Bonchev–Trinajstić information content (AvgIpc) is 2.87. The van der Waals surface area contributed by atoms with Crippen LogP contribution in [0.15, 0.2) is 30.5 Å². The van der Waals surface area contributed by atoms with Crippen LogP contribution in [-0.2, 0) is 0 Å². The number of aromatic carboxylic acids is 1. The number of benzene rings is 1. The summed E-state index contributed by atoms with van der Waals surface area (Å²) in [4.78, 5) is 36.2. The summed E-state index contributed by atoms with van der Waals surface area (Å²) in [6, 6.07) is 5.43. The van der Waals surface area contributed by atoms with Crippen molar-refractivity contribution in [2.24, 2.45) is 0 Å². The van der Waals surface area contributed by atoms with E-state index < -0.39 is 16.8 Å². The maximum atomic E-state index is 11.9. The number of nitrogens with one attached hydrogen (secondary N) is 1. The number of amides is 1. The van der Waals surface area contributed by atoms with E-state index in [9.17, 15) is 19.7 Å². The summed E-state index contributed by atoms with van der Waals surface area (Å²) in [6.45, 7) is 0. The van der Waals surface area contributed by atoms with E-state index in [1.54, 1.807) is 0 Å². The first-order chi connectivity index (χ1) is 9.47. The Kier molecular flexibility index (Phi) is 3.71. The number of rotatable bonds is 4. The van der Waals surface area contributed by atoms with Crippen LogP contribution in [0.1, 0.15) is 20.7 Å². The third kappa shape index (κ3) is 2.95. The summed E-state index contributed by atoms with van der Waals surface area (Å²) in [5, 5.41) is 21.6.